The van der Waals surface area contributed by atoms with Crippen LogP contribution in [0.2, 0.25) is 0 Å². The van der Waals surface area contributed by atoms with Crippen molar-refractivity contribution < 1.29 is 17.9 Å². The van der Waals surface area contributed by atoms with Crippen LogP contribution < -0.4 is 14.4 Å². The zero-order valence-electron chi connectivity index (χ0n) is 18.7. The van der Waals surface area contributed by atoms with Crippen LogP contribution in [0.3, 0.4) is 0 Å². The Bertz CT molecular complexity index is 1170. The lowest BCUT2D eigenvalue weighted by atomic mass is 10.0. The van der Waals surface area contributed by atoms with E-state index < -0.39 is 10.0 Å². The molecule has 1 amide bonds. The molecule has 3 aromatic carbocycles. The summed E-state index contributed by atoms with van der Waals surface area (Å²) in [5.41, 5.74) is 2.52. The SMILES string of the molecule is CC[C@@H](NC(=O)c1ccccc1N(C)S(=O)(=O)c1ccc(C)cc1)c1ccc(OC)cc1. The molecule has 0 bridgehead atoms. The molecular weight excluding hydrogens is 424 g/mol. The molecule has 7 heteroatoms. The highest BCUT2D eigenvalue weighted by Crippen LogP contribution is 2.27. The van der Waals surface area contributed by atoms with Crippen LogP contribution in [0.15, 0.2) is 77.7 Å². The largest absolute Gasteiger partial charge is 0.497 e. The van der Waals surface area contributed by atoms with Crippen LogP contribution in [0.5, 0.6) is 5.75 Å². The van der Waals surface area contributed by atoms with Crippen LogP contribution in [0.4, 0.5) is 5.69 Å². The van der Waals surface area contributed by atoms with Crippen molar-refractivity contribution in [2.24, 2.45) is 0 Å². The zero-order chi connectivity index (χ0) is 23.3. The van der Waals surface area contributed by atoms with Crippen molar-refractivity contribution in [2.45, 2.75) is 31.2 Å². The lowest BCUT2D eigenvalue weighted by molar-refractivity contribution is 0.0936. The minimum atomic E-state index is -3.82. The van der Waals surface area contributed by atoms with Crippen LogP contribution in [-0.4, -0.2) is 28.5 Å². The molecule has 0 heterocycles. The Kier molecular flexibility index (Phi) is 7.20. The summed E-state index contributed by atoms with van der Waals surface area (Å²) < 4.78 is 32.7. The second-order valence-corrected chi connectivity index (χ2v) is 9.48. The van der Waals surface area contributed by atoms with Crippen molar-refractivity contribution in [1.29, 1.82) is 0 Å². The maximum atomic E-state index is 13.2. The molecule has 0 aromatic heterocycles. The summed E-state index contributed by atoms with van der Waals surface area (Å²) in [7, 11) is -0.756. The smallest absolute Gasteiger partial charge is 0.264 e. The number of carbonyl (C=O) groups excluding carboxylic acids is 1. The van der Waals surface area contributed by atoms with Gasteiger partial charge >= 0.3 is 0 Å². The quantitative estimate of drug-likeness (QED) is 0.537. The summed E-state index contributed by atoms with van der Waals surface area (Å²) in [5.74, 6) is 0.400. The minimum Gasteiger partial charge on any atom is -0.497 e. The first-order valence-electron chi connectivity index (χ1n) is 10.4. The number of hydrogen-bond donors (Lipinski definition) is 1. The molecule has 0 aliphatic carbocycles. The molecule has 168 valence electrons. The number of nitrogens with zero attached hydrogens (tertiary/aromatic N) is 1. The van der Waals surface area contributed by atoms with Crippen LogP contribution in [0.25, 0.3) is 0 Å². The third-order valence-corrected chi connectivity index (χ3v) is 7.18. The average molecular weight is 453 g/mol. The van der Waals surface area contributed by atoms with Gasteiger partial charge in [-0.3, -0.25) is 9.10 Å². The van der Waals surface area contributed by atoms with Gasteiger partial charge in [0.05, 0.1) is 29.3 Å². The van der Waals surface area contributed by atoms with Crippen molar-refractivity contribution in [3.8, 4) is 5.75 Å². The number of anilines is 1. The highest BCUT2D eigenvalue weighted by atomic mass is 32.2. The Hall–Kier alpha value is -3.32. The van der Waals surface area contributed by atoms with Gasteiger partial charge < -0.3 is 10.1 Å². The van der Waals surface area contributed by atoms with Gasteiger partial charge in [0.1, 0.15) is 5.75 Å². The topological polar surface area (TPSA) is 75.7 Å². The lowest BCUT2D eigenvalue weighted by Gasteiger charge is -2.24. The first kappa shape index (κ1) is 23.3. The standard InChI is InChI=1S/C25H28N2O4S/c1-5-23(19-12-14-20(31-4)15-13-19)26-25(28)22-8-6-7-9-24(22)27(3)32(29,30)21-16-10-18(2)11-17-21/h6-17,23H,5H2,1-4H3,(H,26,28)/t23-/m1/s1. The monoisotopic (exact) mass is 452 g/mol. The maximum Gasteiger partial charge on any atom is 0.264 e. The predicted molar refractivity (Wildman–Crippen MR) is 127 cm³/mol. The summed E-state index contributed by atoms with van der Waals surface area (Å²) in [6, 6.07) is 20.6. The predicted octanol–water partition coefficient (Wildman–Crippen LogP) is 4.71. The highest BCUT2D eigenvalue weighted by Gasteiger charge is 2.26. The van der Waals surface area contributed by atoms with Crippen molar-refractivity contribution in [2.75, 3.05) is 18.5 Å². The summed E-state index contributed by atoms with van der Waals surface area (Å²) in [5, 5.41) is 3.03. The number of aryl methyl sites for hydroxylation is 1. The van der Waals surface area contributed by atoms with Gasteiger partial charge in [0, 0.05) is 7.05 Å². The fourth-order valence-electron chi connectivity index (χ4n) is 3.43. The van der Waals surface area contributed by atoms with Gasteiger partial charge in [0.25, 0.3) is 15.9 Å². The summed E-state index contributed by atoms with van der Waals surface area (Å²) in [4.78, 5) is 13.4. The summed E-state index contributed by atoms with van der Waals surface area (Å²) in [6.45, 7) is 3.88. The highest BCUT2D eigenvalue weighted by molar-refractivity contribution is 7.92. The second-order valence-electron chi connectivity index (χ2n) is 7.51. The Balaban J connectivity index is 1.89. The van der Waals surface area contributed by atoms with Crippen LogP contribution in [0.1, 0.15) is 40.9 Å². The fourth-order valence-corrected chi connectivity index (χ4v) is 4.65. The van der Waals surface area contributed by atoms with Gasteiger partial charge in [0.2, 0.25) is 0 Å². The van der Waals surface area contributed by atoms with E-state index in [1.165, 1.54) is 7.05 Å². The lowest BCUT2D eigenvalue weighted by Crippen LogP contribution is -2.32. The fraction of sp³-hybridized carbons (Fsp3) is 0.240. The molecule has 6 nitrogen and oxygen atoms in total. The Labute approximate surface area is 189 Å². The molecular formula is C25H28N2O4S. The van der Waals surface area contributed by atoms with Crippen molar-refractivity contribution >= 4 is 21.6 Å². The van der Waals surface area contributed by atoms with Gasteiger partial charge in [-0.15, -0.1) is 0 Å². The van der Waals surface area contributed by atoms with Crippen molar-refractivity contribution in [3.63, 3.8) is 0 Å². The van der Waals surface area contributed by atoms with E-state index in [2.05, 4.69) is 5.32 Å². The molecule has 3 aromatic rings. The van der Waals surface area contributed by atoms with E-state index in [0.717, 1.165) is 21.2 Å². The average Bonchev–Trinajstić information content (AvgIpc) is 2.82. The summed E-state index contributed by atoms with van der Waals surface area (Å²) in [6.07, 6.45) is 0.678. The molecule has 1 N–H and O–H groups in total. The maximum absolute atomic E-state index is 13.2. The third-order valence-electron chi connectivity index (χ3n) is 5.40. The van der Waals surface area contributed by atoms with E-state index >= 15 is 0 Å². The molecule has 0 radical (unpaired) electrons. The zero-order valence-corrected chi connectivity index (χ0v) is 19.5. The van der Waals surface area contributed by atoms with E-state index in [-0.39, 0.29) is 22.4 Å². The van der Waals surface area contributed by atoms with E-state index in [1.54, 1.807) is 55.6 Å². The number of ether oxygens (including phenoxy) is 1. The summed E-state index contributed by atoms with van der Waals surface area (Å²) >= 11 is 0. The molecule has 0 unspecified atom stereocenters. The number of benzene rings is 3. The molecule has 3 rings (SSSR count). The third kappa shape index (κ3) is 4.94. The van der Waals surface area contributed by atoms with E-state index in [4.69, 9.17) is 4.74 Å². The first-order valence-corrected chi connectivity index (χ1v) is 11.8. The van der Waals surface area contributed by atoms with E-state index in [0.29, 0.717) is 12.1 Å². The number of para-hydroxylation sites is 1. The number of nitrogens with one attached hydrogen (secondary N) is 1. The van der Waals surface area contributed by atoms with E-state index in [1.807, 2.05) is 38.1 Å². The van der Waals surface area contributed by atoms with E-state index in [9.17, 15) is 13.2 Å². The number of carbonyl (C=O) groups is 1. The number of amides is 1. The molecule has 0 aliphatic rings. The Morgan fingerprint density at radius 1 is 1.00 bits per heavy atom. The molecule has 1 atom stereocenters. The van der Waals surface area contributed by atoms with Gasteiger partial charge in [-0.1, -0.05) is 48.9 Å². The van der Waals surface area contributed by atoms with Gasteiger partial charge in [-0.05, 0) is 55.3 Å². The Morgan fingerprint density at radius 2 is 1.62 bits per heavy atom. The number of sulfonamides is 1. The molecule has 0 aliphatic heterocycles. The molecule has 0 spiro atoms. The number of rotatable bonds is 8. The minimum absolute atomic E-state index is 0.172. The molecule has 0 saturated heterocycles. The van der Waals surface area contributed by atoms with Gasteiger partial charge in [0.15, 0.2) is 0 Å². The Morgan fingerprint density at radius 3 is 2.22 bits per heavy atom. The van der Waals surface area contributed by atoms with Crippen molar-refractivity contribution in [3.05, 3.63) is 89.5 Å². The van der Waals surface area contributed by atoms with Gasteiger partial charge in [-0.2, -0.15) is 0 Å². The van der Waals surface area contributed by atoms with Crippen LogP contribution >= 0.6 is 0 Å². The molecule has 0 saturated carbocycles. The first-order chi connectivity index (χ1) is 15.3. The van der Waals surface area contributed by atoms with Gasteiger partial charge in [-0.25, -0.2) is 8.42 Å². The van der Waals surface area contributed by atoms with Crippen LogP contribution in [0, 0.1) is 6.92 Å². The molecule has 0 fully saturated rings. The van der Waals surface area contributed by atoms with Crippen LogP contribution in [-0.2, 0) is 10.0 Å². The second kappa shape index (κ2) is 9.87. The molecule has 32 heavy (non-hydrogen) atoms. The van der Waals surface area contributed by atoms with Crippen molar-refractivity contribution in [1.82, 2.24) is 5.32 Å². The number of methoxy groups -OCH3 is 1. The normalized spacial score (nSPS) is 12.1. The number of hydrogen-bond acceptors (Lipinski definition) is 4.